The molecular formula is C25H24N6O. The maximum atomic E-state index is 14.1. The Bertz CT molecular complexity index is 1200. The third kappa shape index (κ3) is 2.67. The summed E-state index contributed by atoms with van der Waals surface area (Å²) in [5, 5.41) is 6.40. The number of fused-ring (bicyclic) bond motifs is 4. The number of carbonyl (C=O) groups is 1. The van der Waals surface area contributed by atoms with Gasteiger partial charge in [0.1, 0.15) is 5.41 Å². The van der Waals surface area contributed by atoms with Crippen LogP contribution < -0.4 is 14.8 Å². The first-order valence-corrected chi connectivity index (χ1v) is 11.0. The molecular weight excluding hydrogens is 400 g/mol. The van der Waals surface area contributed by atoms with Gasteiger partial charge in [-0.25, -0.2) is 9.97 Å². The second-order valence-electron chi connectivity index (χ2n) is 8.62. The normalized spacial score (nSPS) is 24.4. The summed E-state index contributed by atoms with van der Waals surface area (Å²) in [5.74, 6) is 0.752. The van der Waals surface area contributed by atoms with E-state index in [1.54, 1.807) is 17.4 Å². The van der Waals surface area contributed by atoms with Gasteiger partial charge in [-0.3, -0.25) is 4.79 Å². The average molecular weight is 425 g/mol. The molecule has 1 spiro atoms. The number of anilines is 3. The molecule has 1 saturated heterocycles. The van der Waals surface area contributed by atoms with Gasteiger partial charge in [0.15, 0.2) is 0 Å². The second-order valence-corrected chi connectivity index (χ2v) is 8.62. The highest BCUT2D eigenvalue weighted by molar-refractivity contribution is 6.20. The van der Waals surface area contributed by atoms with Crippen LogP contribution in [-0.4, -0.2) is 47.3 Å². The highest BCUT2D eigenvalue weighted by Gasteiger charge is 2.60. The lowest BCUT2D eigenvalue weighted by molar-refractivity contribution is -0.125. The van der Waals surface area contributed by atoms with E-state index in [-0.39, 0.29) is 11.9 Å². The monoisotopic (exact) mass is 424 g/mol. The van der Waals surface area contributed by atoms with Gasteiger partial charge >= 0.3 is 0 Å². The van der Waals surface area contributed by atoms with Crippen molar-refractivity contribution in [3.63, 3.8) is 0 Å². The van der Waals surface area contributed by atoms with Gasteiger partial charge in [0, 0.05) is 37.7 Å². The fourth-order valence-electron chi connectivity index (χ4n) is 5.45. The molecule has 3 aliphatic rings. The minimum absolute atomic E-state index is 0.0431. The van der Waals surface area contributed by atoms with Crippen LogP contribution in [0.2, 0.25) is 0 Å². The third-order valence-corrected chi connectivity index (χ3v) is 7.02. The van der Waals surface area contributed by atoms with Gasteiger partial charge in [-0.2, -0.15) is 10.1 Å². The first-order valence-electron chi connectivity index (χ1n) is 11.0. The number of aromatic nitrogens is 2. The SMILES string of the molecule is CC1=NN(c2ccccc2)C(=O)[C@@]12Cc1ccccc1N1CCN(c3ncccn3)C[C@@H]12. The van der Waals surface area contributed by atoms with E-state index < -0.39 is 5.41 Å². The molecule has 1 aromatic heterocycles. The quantitative estimate of drug-likeness (QED) is 0.632. The van der Waals surface area contributed by atoms with E-state index in [0.717, 1.165) is 24.5 Å². The van der Waals surface area contributed by atoms with Crippen LogP contribution >= 0.6 is 0 Å². The van der Waals surface area contributed by atoms with Crippen molar-refractivity contribution in [3.05, 3.63) is 78.6 Å². The van der Waals surface area contributed by atoms with Crippen LogP contribution in [0, 0.1) is 5.41 Å². The van der Waals surface area contributed by atoms with Crippen LogP contribution in [0.3, 0.4) is 0 Å². The van der Waals surface area contributed by atoms with Gasteiger partial charge in [0.25, 0.3) is 5.91 Å². The zero-order valence-electron chi connectivity index (χ0n) is 17.9. The molecule has 32 heavy (non-hydrogen) atoms. The molecule has 0 radical (unpaired) electrons. The number of piperazine rings is 1. The third-order valence-electron chi connectivity index (χ3n) is 7.02. The van der Waals surface area contributed by atoms with Gasteiger partial charge in [0.2, 0.25) is 5.95 Å². The smallest absolute Gasteiger partial charge is 0.261 e. The Kier molecular flexibility index (Phi) is 4.24. The molecule has 2 aromatic carbocycles. The Hall–Kier alpha value is -3.74. The Morgan fingerprint density at radius 2 is 1.69 bits per heavy atom. The van der Waals surface area contributed by atoms with E-state index in [2.05, 4.69) is 44.0 Å². The average Bonchev–Trinajstić information content (AvgIpc) is 3.10. The van der Waals surface area contributed by atoms with Crippen molar-refractivity contribution < 1.29 is 4.79 Å². The number of amides is 1. The molecule has 0 saturated carbocycles. The molecule has 160 valence electrons. The van der Waals surface area contributed by atoms with Gasteiger partial charge in [0.05, 0.1) is 17.4 Å². The Morgan fingerprint density at radius 3 is 2.50 bits per heavy atom. The lowest BCUT2D eigenvalue weighted by Crippen LogP contribution is -2.67. The van der Waals surface area contributed by atoms with Crippen LogP contribution in [-0.2, 0) is 11.2 Å². The summed E-state index contributed by atoms with van der Waals surface area (Å²) in [6.07, 6.45) is 4.18. The van der Waals surface area contributed by atoms with Gasteiger partial charge in [-0.05, 0) is 43.2 Å². The molecule has 1 fully saturated rings. The molecule has 2 atom stereocenters. The predicted molar refractivity (Wildman–Crippen MR) is 125 cm³/mol. The number of hydrogen-bond donors (Lipinski definition) is 0. The lowest BCUT2D eigenvalue weighted by Gasteiger charge is -2.53. The van der Waals surface area contributed by atoms with E-state index in [9.17, 15) is 4.79 Å². The Labute approximate surface area is 187 Å². The zero-order chi connectivity index (χ0) is 21.7. The molecule has 1 amide bonds. The lowest BCUT2D eigenvalue weighted by atomic mass is 9.67. The number of nitrogens with zero attached hydrogens (tertiary/aromatic N) is 6. The fraction of sp³-hybridized carbons (Fsp3) is 0.280. The molecule has 7 nitrogen and oxygen atoms in total. The zero-order valence-corrected chi connectivity index (χ0v) is 17.9. The van der Waals surface area contributed by atoms with Crippen molar-refractivity contribution >= 4 is 28.9 Å². The molecule has 0 bridgehead atoms. The molecule has 0 aliphatic carbocycles. The van der Waals surface area contributed by atoms with E-state index in [4.69, 9.17) is 5.10 Å². The maximum Gasteiger partial charge on any atom is 0.261 e. The maximum absolute atomic E-state index is 14.1. The first kappa shape index (κ1) is 19.0. The van der Waals surface area contributed by atoms with Crippen LogP contribution in [0.15, 0.2) is 78.2 Å². The topological polar surface area (TPSA) is 64.9 Å². The summed E-state index contributed by atoms with van der Waals surface area (Å²) in [5.41, 5.74) is 3.36. The second kappa shape index (κ2) is 7.15. The summed E-state index contributed by atoms with van der Waals surface area (Å²) in [6.45, 7) is 4.27. The highest BCUT2D eigenvalue weighted by Crippen LogP contribution is 2.48. The number of benzene rings is 2. The largest absolute Gasteiger partial charge is 0.363 e. The van der Waals surface area contributed by atoms with E-state index in [1.165, 1.54) is 11.3 Å². The van der Waals surface area contributed by atoms with Crippen molar-refractivity contribution in [2.45, 2.75) is 19.4 Å². The van der Waals surface area contributed by atoms with Crippen LogP contribution in [0.1, 0.15) is 12.5 Å². The number of hydrazone groups is 1. The van der Waals surface area contributed by atoms with Crippen molar-refractivity contribution in [1.82, 2.24) is 9.97 Å². The molecule has 0 unspecified atom stereocenters. The van der Waals surface area contributed by atoms with Crippen LogP contribution in [0.5, 0.6) is 0 Å². The standard InChI is InChI=1S/C25H24N6O/c1-18-25(23(32)31(28-18)20-9-3-2-4-10-20)16-19-8-5-6-11-21(19)30-15-14-29(17-22(25)30)24-26-12-7-13-27-24/h2-13,22H,14-17H2,1H3/t22-,25+/m1/s1. The minimum atomic E-state index is -0.725. The number of para-hydroxylation sites is 2. The first-order chi connectivity index (χ1) is 15.7. The van der Waals surface area contributed by atoms with Crippen molar-refractivity contribution in [2.75, 3.05) is 34.4 Å². The fourth-order valence-corrected chi connectivity index (χ4v) is 5.45. The predicted octanol–water partition coefficient (Wildman–Crippen LogP) is 3.14. The summed E-state index contributed by atoms with van der Waals surface area (Å²) in [4.78, 5) is 27.7. The summed E-state index contributed by atoms with van der Waals surface area (Å²) in [6, 6.07) is 19.9. The summed E-state index contributed by atoms with van der Waals surface area (Å²) >= 11 is 0. The van der Waals surface area contributed by atoms with Gasteiger partial charge in [-0.15, -0.1) is 0 Å². The minimum Gasteiger partial charge on any atom is -0.363 e. The summed E-state index contributed by atoms with van der Waals surface area (Å²) in [7, 11) is 0. The molecule has 0 N–H and O–H groups in total. The molecule has 7 heteroatoms. The van der Waals surface area contributed by atoms with Gasteiger partial charge < -0.3 is 9.80 Å². The van der Waals surface area contributed by atoms with Crippen molar-refractivity contribution in [2.24, 2.45) is 10.5 Å². The van der Waals surface area contributed by atoms with Crippen molar-refractivity contribution in [1.29, 1.82) is 0 Å². The number of carbonyl (C=O) groups excluding carboxylic acids is 1. The van der Waals surface area contributed by atoms with E-state index >= 15 is 0 Å². The Balaban J connectivity index is 1.46. The Morgan fingerprint density at radius 1 is 0.938 bits per heavy atom. The number of rotatable bonds is 2. The number of hydrogen-bond acceptors (Lipinski definition) is 6. The van der Waals surface area contributed by atoms with E-state index in [0.29, 0.717) is 18.9 Å². The van der Waals surface area contributed by atoms with Crippen LogP contribution in [0.25, 0.3) is 0 Å². The van der Waals surface area contributed by atoms with Crippen molar-refractivity contribution in [3.8, 4) is 0 Å². The molecule has 6 rings (SSSR count). The van der Waals surface area contributed by atoms with E-state index in [1.807, 2.05) is 43.3 Å². The summed E-state index contributed by atoms with van der Waals surface area (Å²) < 4.78 is 0. The molecule has 3 aliphatic heterocycles. The van der Waals surface area contributed by atoms with Crippen LogP contribution in [0.4, 0.5) is 17.3 Å². The van der Waals surface area contributed by atoms with Gasteiger partial charge in [-0.1, -0.05) is 36.4 Å². The molecule has 4 heterocycles. The highest BCUT2D eigenvalue weighted by atomic mass is 16.2. The molecule has 3 aromatic rings.